The first kappa shape index (κ1) is 8.50. The minimum Gasteiger partial charge on any atom is -0.371 e. The van der Waals surface area contributed by atoms with Gasteiger partial charge in [-0.2, -0.15) is 0 Å². The molecule has 1 N–H and O–H groups in total. The first-order valence-electron chi connectivity index (χ1n) is 3.27. The second-order valence-electron chi connectivity index (χ2n) is 2.24. The zero-order valence-corrected chi connectivity index (χ0v) is 7.58. The zero-order valence-electron chi connectivity index (χ0n) is 6.00. The molecule has 0 spiro atoms. The molecule has 0 heterocycles. The van der Waals surface area contributed by atoms with Gasteiger partial charge < -0.3 is 5.11 Å². The molecule has 0 aliphatic carbocycles. The second kappa shape index (κ2) is 3.20. The van der Waals surface area contributed by atoms with Gasteiger partial charge in [0.2, 0.25) is 0 Å². The van der Waals surface area contributed by atoms with E-state index in [1.54, 1.807) is 0 Å². The molecule has 0 aromatic heterocycles. The van der Waals surface area contributed by atoms with Gasteiger partial charge in [0.1, 0.15) is 0 Å². The lowest BCUT2D eigenvalue weighted by molar-refractivity contribution is 0.198. The highest BCUT2D eigenvalue weighted by Crippen LogP contribution is 2.28. The van der Waals surface area contributed by atoms with E-state index in [-0.39, 0.29) is 0 Å². The van der Waals surface area contributed by atoms with Crippen molar-refractivity contribution in [2.75, 3.05) is 0 Å². The summed E-state index contributed by atoms with van der Waals surface area (Å²) in [5.41, 5.74) is 0.787. The van der Waals surface area contributed by atoms with Gasteiger partial charge in [0.05, 0.1) is 0 Å². The van der Waals surface area contributed by atoms with Crippen LogP contribution in [-0.4, -0.2) is 5.11 Å². The summed E-state index contributed by atoms with van der Waals surface area (Å²) in [6, 6.07) is 9.29. The fourth-order valence-electron chi connectivity index (χ4n) is 0.790. The summed E-state index contributed by atoms with van der Waals surface area (Å²) in [5, 5.41) is 9.59. The molecule has 1 rings (SSSR count). The SMILES string of the molecule is C=CC(O)(Br)c1ccccc1. The van der Waals surface area contributed by atoms with Crippen LogP contribution in [0.25, 0.3) is 0 Å². The van der Waals surface area contributed by atoms with Crippen LogP contribution in [-0.2, 0) is 4.51 Å². The topological polar surface area (TPSA) is 20.2 Å². The van der Waals surface area contributed by atoms with E-state index in [0.717, 1.165) is 5.56 Å². The van der Waals surface area contributed by atoms with Crippen molar-refractivity contribution in [1.82, 2.24) is 0 Å². The van der Waals surface area contributed by atoms with Gasteiger partial charge in [-0.15, -0.1) is 0 Å². The molecule has 0 bridgehead atoms. The molecule has 0 saturated heterocycles. The second-order valence-corrected chi connectivity index (χ2v) is 3.45. The highest BCUT2D eigenvalue weighted by molar-refractivity contribution is 9.09. The van der Waals surface area contributed by atoms with Crippen LogP contribution in [0.5, 0.6) is 0 Å². The van der Waals surface area contributed by atoms with Gasteiger partial charge in [0.15, 0.2) is 4.51 Å². The lowest BCUT2D eigenvalue weighted by atomic mass is 10.1. The van der Waals surface area contributed by atoms with Gasteiger partial charge in [0, 0.05) is 0 Å². The molecule has 0 aliphatic rings. The summed E-state index contributed by atoms with van der Waals surface area (Å²) in [6.07, 6.45) is 1.45. The van der Waals surface area contributed by atoms with E-state index in [9.17, 15) is 5.11 Å². The summed E-state index contributed by atoms with van der Waals surface area (Å²) >= 11 is 3.13. The Balaban J connectivity index is 3.02. The Morgan fingerprint density at radius 1 is 1.36 bits per heavy atom. The molecule has 0 fully saturated rings. The smallest absolute Gasteiger partial charge is 0.163 e. The summed E-state index contributed by atoms with van der Waals surface area (Å²) in [5.74, 6) is 0. The third kappa shape index (κ3) is 1.91. The van der Waals surface area contributed by atoms with Crippen molar-refractivity contribution in [3.63, 3.8) is 0 Å². The lowest BCUT2D eigenvalue weighted by Crippen LogP contribution is -2.12. The van der Waals surface area contributed by atoms with E-state index in [1.807, 2.05) is 30.3 Å². The third-order valence-corrected chi connectivity index (χ3v) is 2.23. The molecule has 58 valence electrons. The molecule has 1 unspecified atom stereocenters. The van der Waals surface area contributed by atoms with Gasteiger partial charge in [-0.25, -0.2) is 0 Å². The van der Waals surface area contributed by atoms with E-state index < -0.39 is 4.51 Å². The Labute approximate surface area is 74.5 Å². The minimum absolute atomic E-state index is 0.787. The molecular formula is C9H9BrO. The molecule has 1 aromatic carbocycles. The van der Waals surface area contributed by atoms with Crippen molar-refractivity contribution >= 4 is 15.9 Å². The van der Waals surface area contributed by atoms with E-state index in [2.05, 4.69) is 22.5 Å². The number of hydrogen-bond acceptors (Lipinski definition) is 1. The summed E-state index contributed by atoms with van der Waals surface area (Å²) in [6.45, 7) is 3.51. The first-order chi connectivity index (χ1) is 5.17. The predicted octanol–water partition coefficient (Wildman–Crippen LogP) is 2.41. The maximum atomic E-state index is 9.59. The van der Waals surface area contributed by atoms with Gasteiger partial charge in [-0.1, -0.05) is 36.9 Å². The number of hydrogen-bond donors (Lipinski definition) is 1. The maximum absolute atomic E-state index is 9.59. The number of aliphatic hydroxyl groups is 1. The standard InChI is InChI=1S/C9H9BrO/c1-2-9(10,11)8-6-4-3-5-7-8/h2-7,11H,1H2. The molecule has 0 radical (unpaired) electrons. The molecular weight excluding hydrogens is 204 g/mol. The van der Waals surface area contributed by atoms with Crippen molar-refractivity contribution in [3.05, 3.63) is 48.6 Å². The average molecular weight is 213 g/mol. The Morgan fingerprint density at radius 2 is 1.91 bits per heavy atom. The Morgan fingerprint density at radius 3 is 2.36 bits per heavy atom. The number of alkyl halides is 1. The van der Waals surface area contributed by atoms with Crippen LogP contribution in [0.15, 0.2) is 43.0 Å². The van der Waals surface area contributed by atoms with E-state index in [0.29, 0.717) is 0 Å². The van der Waals surface area contributed by atoms with Crippen LogP contribution in [0.3, 0.4) is 0 Å². The Hall–Kier alpha value is -0.600. The quantitative estimate of drug-likeness (QED) is 0.590. The van der Waals surface area contributed by atoms with Gasteiger partial charge >= 0.3 is 0 Å². The molecule has 0 aliphatic heterocycles. The third-order valence-electron chi connectivity index (χ3n) is 1.45. The first-order valence-corrected chi connectivity index (χ1v) is 4.06. The fraction of sp³-hybridized carbons (Fsp3) is 0.111. The number of rotatable bonds is 2. The van der Waals surface area contributed by atoms with E-state index in [1.165, 1.54) is 6.08 Å². The Bertz CT molecular complexity index is 241. The molecule has 1 aromatic rings. The summed E-state index contributed by atoms with van der Waals surface area (Å²) < 4.78 is -1.09. The highest BCUT2D eigenvalue weighted by atomic mass is 79.9. The van der Waals surface area contributed by atoms with Crippen LogP contribution in [0.1, 0.15) is 5.56 Å². The van der Waals surface area contributed by atoms with Crippen molar-refractivity contribution in [3.8, 4) is 0 Å². The van der Waals surface area contributed by atoms with Gasteiger partial charge in [-0.3, -0.25) is 0 Å². The molecule has 1 atom stereocenters. The molecule has 0 saturated carbocycles. The summed E-state index contributed by atoms with van der Waals surface area (Å²) in [7, 11) is 0. The maximum Gasteiger partial charge on any atom is 0.163 e. The zero-order chi connectivity index (χ0) is 8.32. The molecule has 11 heavy (non-hydrogen) atoms. The number of halogens is 1. The summed E-state index contributed by atoms with van der Waals surface area (Å²) in [4.78, 5) is 0. The van der Waals surface area contributed by atoms with Crippen LogP contribution >= 0.6 is 15.9 Å². The normalized spacial score (nSPS) is 15.5. The highest BCUT2D eigenvalue weighted by Gasteiger charge is 2.19. The van der Waals surface area contributed by atoms with Crippen LogP contribution in [0.4, 0.5) is 0 Å². The van der Waals surface area contributed by atoms with Crippen molar-refractivity contribution in [2.45, 2.75) is 4.51 Å². The monoisotopic (exact) mass is 212 g/mol. The average Bonchev–Trinajstić information content (AvgIpc) is 2.06. The molecule has 2 heteroatoms. The fourth-order valence-corrected chi connectivity index (χ4v) is 1.05. The van der Waals surface area contributed by atoms with Crippen molar-refractivity contribution < 1.29 is 5.11 Å². The van der Waals surface area contributed by atoms with Crippen molar-refractivity contribution in [1.29, 1.82) is 0 Å². The minimum atomic E-state index is -1.09. The number of benzene rings is 1. The van der Waals surface area contributed by atoms with Crippen LogP contribution in [0.2, 0.25) is 0 Å². The van der Waals surface area contributed by atoms with Crippen LogP contribution < -0.4 is 0 Å². The molecule has 0 amide bonds. The van der Waals surface area contributed by atoms with Gasteiger partial charge in [0.25, 0.3) is 0 Å². The van der Waals surface area contributed by atoms with E-state index >= 15 is 0 Å². The van der Waals surface area contributed by atoms with Gasteiger partial charge in [-0.05, 0) is 27.6 Å². The predicted molar refractivity (Wildman–Crippen MR) is 49.5 cm³/mol. The van der Waals surface area contributed by atoms with E-state index in [4.69, 9.17) is 0 Å². The van der Waals surface area contributed by atoms with Crippen LogP contribution in [0, 0.1) is 0 Å². The lowest BCUT2D eigenvalue weighted by Gasteiger charge is -2.15. The Kier molecular flexibility index (Phi) is 2.47. The molecule has 1 nitrogen and oxygen atoms in total. The largest absolute Gasteiger partial charge is 0.371 e. The van der Waals surface area contributed by atoms with Crippen molar-refractivity contribution in [2.24, 2.45) is 0 Å².